The van der Waals surface area contributed by atoms with E-state index >= 15 is 0 Å². The van der Waals surface area contributed by atoms with Gasteiger partial charge in [0.05, 0.1) is 6.42 Å². The van der Waals surface area contributed by atoms with Gasteiger partial charge in [0.1, 0.15) is 0 Å². The summed E-state index contributed by atoms with van der Waals surface area (Å²) in [4.78, 5) is 3.19. The number of H-pyrrole nitrogens is 1. The lowest BCUT2D eigenvalue weighted by atomic mass is 10.1. The van der Waals surface area contributed by atoms with Gasteiger partial charge in [-0.15, -0.1) is 5.10 Å². The highest BCUT2D eigenvalue weighted by molar-refractivity contribution is 5.83. The number of aromatic nitrogens is 3. The second kappa shape index (κ2) is 3.37. The summed E-state index contributed by atoms with van der Waals surface area (Å²) in [6.45, 7) is 0. The van der Waals surface area contributed by atoms with Gasteiger partial charge in [-0.1, -0.05) is 23.3 Å². The van der Waals surface area contributed by atoms with Crippen LogP contribution < -0.4 is 5.73 Å². The molecule has 0 saturated carbocycles. The summed E-state index contributed by atoms with van der Waals surface area (Å²) in [6, 6.07) is 8.19. The molecule has 0 spiro atoms. The zero-order chi connectivity index (χ0) is 11.0. The highest BCUT2D eigenvalue weighted by Crippen LogP contribution is 2.20. The Morgan fingerprint density at radius 1 is 1.25 bits per heavy atom. The van der Waals surface area contributed by atoms with Crippen LogP contribution in [0.5, 0.6) is 0 Å². The molecule has 3 rings (SSSR count). The average Bonchev–Trinajstić information content (AvgIpc) is 2.87. The zero-order valence-corrected chi connectivity index (χ0v) is 8.47. The van der Waals surface area contributed by atoms with Crippen molar-refractivity contribution in [3.63, 3.8) is 0 Å². The lowest BCUT2D eigenvalue weighted by molar-refractivity contribution is 0.523. The van der Waals surface area contributed by atoms with Crippen molar-refractivity contribution >= 4 is 16.9 Å². The predicted octanol–water partition coefficient (Wildman–Crippen LogP) is 1.72. The average molecular weight is 214 g/mol. The number of anilines is 1. The number of fused-ring (bicyclic) bond motifs is 1. The van der Waals surface area contributed by atoms with E-state index in [1.54, 1.807) is 0 Å². The topological polar surface area (TPSA) is 80.7 Å². The van der Waals surface area contributed by atoms with Gasteiger partial charge in [0, 0.05) is 17.1 Å². The third-order valence-corrected chi connectivity index (χ3v) is 2.50. The van der Waals surface area contributed by atoms with Crippen LogP contribution >= 0.6 is 0 Å². The van der Waals surface area contributed by atoms with E-state index in [0.717, 1.165) is 11.1 Å². The molecule has 0 aliphatic carbocycles. The molecule has 0 aliphatic rings. The van der Waals surface area contributed by atoms with Crippen molar-refractivity contribution in [3.8, 4) is 0 Å². The highest BCUT2D eigenvalue weighted by Gasteiger charge is 2.08. The van der Waals surface area contributed by atoms with Crippen LogP contribution in [0.3, 0.4) is 0 Å². The Morgan fingerprint density at radius 3 is 2.94 bits per heavy atom. The van der Waals surface area contributed by atoms with Crippen molar-refractivity contribution in [1.29, 1.82) is 0 Å². The molecule has 2 aromatic heterocycles. The zero-order valence-electron chi connectivity index (χ0n) is 8.47. The third-order valence-electron chi connectivity index (χ3n) is 2.50. The molecule has 5 heteroatoms. The van der Waals surface area contributed by atoms with E-state index in [1.165, 1.54) is 5.39 Å². The number of hydrogen-bond donors (Lipinski definition) is 2. The molecule has 0 saturated heterocycles. The molecular weight excluding hydrogens is 204 g/mol. The Bertz CT molecular complexity index is 625. The Kier molecular flexibility index (Phi) is 1.89. The smallest absolute Gasteiger partial charge is 0.312 e. The summed E-state index contributed by atoms with van der Waals surface area (Å²) < 4.78 is 5.15. The number of rotatable bonds is 2. The fourth-order valence-electron chi connectivity index (χ4n) is 1.78. The van der Waals surface area contributed by atoms with Crippen LogP contribution in [0.4, 0.5) is 6.01 Å². The number of nitrogens with two attached hydrogens (primary N) is 1. The van der Waals surface area contributed by atoms with Crippen LogP contribution in [-0.2, 0) is 6.42 Å². The van der Waals surface area contributed by atoms with Gasteiger partial charge in [-0.25, -0.2) is 0 Å². The number of para-hydroxylation sites is 1. The van der Waals surface area contributed by atoms with Crippen LogP contribution in [0.25, 0.3) is 10.9 Å². The van der Waals surface area contributed by atoms with E-state index in [4.69, 9.17) is 10.2 Å². The maximum Gasteiger partial charge on any atom is 0.312 e. The van der Waals surface area contributed by atoms with Gasteiger partial charge >= 0.3 is 6.01 Å². The second-order valence-corrected chi connectivity index (χ2v) is 3.57. The molecule has 0 radical (unpaired) electrons. The molecule has 5 nitrogen and oxygen atoms in total. The van der Waals surface area contributed by atoms with Crippen LogP contribution in [0, 0.1) is 0 Å². The Morgan fingerprint density at radius 2 is 2.12 bits per heavy atom. The van der Waals surface area contributed by atoms with Crippen molar-refractivity contribution in [2.75, 3.05) is 5.73 Å². The van der Waals surface area contributed by atoms with E-state index in [-0.39, 0.29) is 6.01 Å². The minimum absolute atomic E-state index is 0.106. The molecule has 1 aromatic carbocycles. The Hall–Kier alpha value is -2.30. The molecule has 0 aliphatic heterocycles. The van der Waals surface area contributed by atoms with Crippen molar-refractivity contribution < 1.29 is 4.42 Å². The van der Waals surface area contributed by atoms with Gasteiger partial charge in [0.25, 0.3) is 0 Å². The SMILES string of the molecule is Nc1nnc(Cc2c[nH]c3ccccc23)o1. The van der Waals surface area contributed by atoms with Crippen molar-refractivity contribution in [1.82, 2.24) is 15.2 Å². The fourth-order valence-corrected chi connectivity index (χ4v) is 1.78. The number of nitrogens with one attached hydrogen (secondary N) is 1. The Balaban J connectivity index is 2.00. The molecule has 0 amide bonds. The minimum Gasteiger partial charge on any atom is -0.408 e. The maximum absolute atomic E-state index is 5.37. The monoisotopic (exact) mass is 214 g/mol. The van der Waals surface area contributed by atoms with Crippen molar-refractivity contribution in [3.05, 3.63) is 41.9 Å². The maximum atomic E-state index is 5.37. The standard InChI is InChI=1S/C11H10N4O/c12-11-15-14-10(16-11)5-7-6-13-9-4-2-1-3-8(7)9/h1-4,6,13H,5H2,(H2,12,15). The fraction of sp³-hybridized carbons (Fsp3) is 0.0909. The largest absolute Gasteiger partial charge is 0.408 e. The van der Waals surface area contributed by atoms with E-state index in [0.29, 0.717) is 12.3 Å². The first kappa shape index (κ1) is 8.96. The molecule has 16 heavy (non-hydrogen) atoms. The summed E-state index contributed by atoms with van der Waals surface area (Å²) in [6.07, 6.45) is 2.54. The van der Waals surface area contributed by atoms with Gasteiger partial charge in [-0.3, -0.25) is 0 Å². The van der Waals surface area contributed by atoms with Crippen LogP contribution in [0.2, 0.25) is 0 Å². The summed E-state index contributed by atoms with van der Waals surface area (Å²) >= 11 is 0. The lowest BCUT2D eigenvalue weighted by Gasteiger charge is -1.93. The second-order valence-electron chi connectivity index (χ2n) is 3.57. The summed E-state index contributed by atoms with van der Waals surface area (Å²) in [5.74, 6) is 0.530. The van der Waals surface area contributed by atoms with E-state index in [2.05, 4.69) is 21.2 Å². The molecule has 80 valence electrons. The van der Waals surface area contributed by atoms with E-state index in [9.17, 15) is 0 Å². The van der Waals surface area contributed by atoms with Gasteiger partial charge in [-0.2, -0.15) is 0 Å². The van der Waals surface area contributed by atoms with Crippen LogP contribution in [0.15, 0.2) is 34.9 Å². The van der Waals surface area contributed by atoms with Crippen LogP contribution in [0.1, 0.15) is 11.5 Å². The first-order chi connectivity index (χ1) is 7.83. The quantitative estimate of drug-likeness (QED) is 0.680. The minimum atomic E-state index is 0.106. The number of nitrogen functional groups attached to an aromatic ring is 1. The first-order valence-electron chi connectivity index (χ1n) is 4.96. The summed E-state index contributed by atoms with van der Waals surface area (Å²) in [5, 5.41) is 8.64. The molecule has 0 fully saturated rings. The highest BCUT2D eigenvalue weighted by atomic mass is 16.4. The van der Waals surface area contributed by atoms with E-state index in [1.807, 2.05) is 24.4 Å². The molecular formula is C11H10N4O. The number of aromatic amines is 1. The van der Waals surface area contributed by atoms with Gasteiger partial charge in [0.2, 0.25) is 5.89 Å². The van der Waals surface area contributed by atoms with Crippen molar-refractivity contribution in [2.24, 2.45) is 0 Å². The summed E-state index contributed by atoms with van der Waals surface area (Å²) in [5.41, 5.74) is 7.60. The first-order valence-corrected chi connectivity index (χ1v) is 4.96. The molecule has 0 atom stereocenters. The molecule has 2 heterocycles. The lowest BCUT2D eigenvalue weighted by Crippen LogP contribution is -1.86. The molecule has 0 unspecified atom stereocenters. The summed E-state index contributed by atoms with van der Waals surface area (Å²) in [7, 11) is 0. The molecule has 0 bridgehead atoms. The van der Waals surface area contributed by atoms with Crippen LogP contribution in [-0.4, -0.2) is 15.2 Å². The normalized spacial score (nSPS) is 11.0. The van der Waals surface area contributed by atoms with E-state index < -0.39 is 0 Å². The van der Waals surface area contributed by atoms with Gasteiger partial charge in [0.15, 0.2) is 0 Å². The van der Waals surface area contributed by atoms with Gasteiger partial charge < -0.3 is 15.1 Å². The number of nitrogens with zero attached hydrogens (tertiary/aromatic N) is 2. The molecule has 3 N–H and O–H groups in total. The Labute approximate surface area is 91.3 Å². The third kappa shape index (κ3) is 1.42. The molecule has 3 aromatic rings. The number of benzene rings is 1. The van der Waals surface area contributed by atoms with Crippen molar-refractivity contribution in [2.45, 2.75) is 6.42 Å². The van der Waals surface area contributed by atoms with Gasteiger partial charge in [-0.05, 0) is 11.6 Å². The number of hydrogen-bond acceptors (Lipinski definition) is 4. The predicted molar refractivity (Wildman–Crippen MR) is 59.8 cm³/mol.